The second kappa shape index (κ2) is 11.5. The summed E-state index contributed by atoms with van der Waals surface area (Å²) >= 11 is 0. The topological polar surface area (TPSA) is 70.0 Å². The summed E-state index contributed by atoms with van der Waals surface area (Å²) in [5.41, 5.74) is 9.78. The van der Waals surface area contributed by atoms with Gasteiger partial charge in [0.15, 0.2) is 11.6 Å². The molecule has 2 aliphatic rings. The van der Waals surface area contributed by atoms with E-state index in [0.29, 0.717) is 18.1 Å². The Hall–Kier alpha value is -6.34. The molecular formula is C41H27BN4O2. The molecule has 0 radical (unpaired) electrons. The first kappa shape index (κ1) is 27.9. The van der Waals surface area contributed by atoms with Crippen molar-refractivity contribution >= 4 is 23.1 Å². The lowest BCUT2D eigenvalue weighted by Crippen LogP contribution is -2.57. The maximum Gasteiger partial charge on any atom is 0.260 e. The van der Waals surface area contributed by atoms with Gasteiger partial charge in [0.25, 0.3) is 6.71 Å². The summed E-state index contributed by atoms with van der Waals surface area (Å²) in [4.78, 5) is 18.9. The van der Waals surface area contributed by atoms with Crippen LogP contribution in [0, 0.1) is 0 Å². The highest BCUT2D eigenvalue weighted by atomic mass is 16.5. The van der Waals surface area contributed by atoms with Crippen LogP contribution in [0.1, 0.15) is 5.56 Å². The number of hydrogen-bond acceptors (Lipinski definition) is 6. The standard InChI is InChI=1S/C41H27BN4O2/c1-2-9-26-22-37-39-38(23-26)48-36-25-30(34-19-21-44-41(46-34)28-12-7-4-8-13-28)15-17-32(36)42(39)31-16-14-29(24-35(31)47-37)33-18-20-43-40(45-33)27-10-5-3-6-11-27/h2-8,10-25H,1,9H2. The number of benzene rings is 5. The molecule has 0 amide bonds. The zero-order chi connectivity index (χ0) is 32.0. The van der Waals surface area contributed by atoms with Crippen LogP contribution in [0.4, 0.5) is 0 Å². The predicted molar refractivity (Wildman–Crippen MR) is 191 cm³/mol. The first-order valence-electron chi connectivity index (χ1n) is 15.9. The predicted octanol–water partition coefficient (Wildman–Crippen LogP) is 7.39. The van der Waals surface area contributed by atoms with Crippen molar-refractivity contribution in [2.75, 3.05) is 0 Å². The number of allylic oxidation sites excluding steroid dienone is 1. The molecule has 9 rings (SSSR count). The van der Waals surface area contributed by atoms with Crippen LogP contribution in [0.5, 0.6) is 23.0 Å². The van der Waals surface area contributed by atoms with Gasteiger partial charge in [0, 0.05) is 40.1 Å². The zero-order valence-corrected chi connectivity index (χ0v) is 25.9. The Morgan fingerprint density at radius 3 is 1.52 bits per heavy atom. The summed E-state index contributed by atoms with van der Waals surface area (Å²) in [5, 5.41) is 0. The monoisotopic (exact) mass is 618 g/mol. The highest BCUT2D eigenvalue weighted by Crippen LogP contribution is 2.38. The normalized spacial score (nSPS) is 12.2. The summed E-state index contributed by atoms with van der Waals surface area (Å²) in [6.45, 7) is 3.90. The van der Waals surface area contributed by atoms with Crippen LogP contribution in [-0.2, 0) is 6.42 Å². The third-order valence-electron chi connectivity index (χ3n) is 8.89. The van der Waals surface area contributed by atoms with Crippen molar-refractivity contribution in [2.45, 2.75) is 6.42 Å². The molecule has 48 heavy (non-hydrogen) atoms. The molecule has 0 N–H and O–H groups in total. The van der Waals surface area contributed by atoms with Crippen LogP contribution in [0.2, 0.25) is 0 Å². The van der Waals surface area contributed by atoms with Crippen molar-refractivity contribution in [2.24, 2.45) is 0 Å². The van der Waals surface area contributed by atoms with Gasteiger partial charge in [-0.25, -0.2) is 19.9 Å². The van der Waals surface area contributed by atoms with E-state index in [2.05, 4.69) is 65.1 Å². The van der Waals surface area contributed by atoms with Gasteiger partial charge in [-0.05, 0) is 59.3 Å². The van der Waals surface area contributed by atoms with Crippen molar-refractivity contribution < 1.29 is 9.47 Å². The molecule has 0 aliphatic carbocycles. The molecule has 7 heteroatoms. The van der Waals surface area contributed by atoms with Gasteiger partial charge in [-0.1, -0.05) is 91.0 Å². The average Bonchev–Trinajstić information content (AvgIpc) is 3.15. The Bertz CT molecular complexity index is 2200. The molecule has 0 spiro atoms. The van der Waals surface area contributed by atoms with Crippen molar-refractivity contribution in [1.29, 1.82) is 0 Å². The van der Waals surface area contributed by atoms with Gasteiger partial charge in [0.05, 0.1) is 11.4 Å². The lowest BCUT2D eigenvalue weighted by Gasteiger charge is -2.33. The fourth-order valence-corrected chi connectivity index (χ4v) is 6.64. The first-order valence-corrected chi connectivity index (χ1v) is 15.9. The Morgan fingerprint density at radius 1 is 0.542 bits per heavy atom. The lowest BCUT2D eigenvalue weighted by atomic mass is 9.34. The van der Waals surface area contributed by atoms with Crippen LogP contribution in [0.15, 0.2) is 146 Å². The molecular weight excluding hydrogens is 591 g/mol. The van der Waals surface area contributed by atoms with Gasteiger partial charge < -0.3 is 9.47 Å². The number of hydrogen-bond donors (Lipinski definition) is 0. The third-order valence-corrected chi connectivity index (χ3v) is 8.89. The van der Waals surface area contributed by atoms with E-state index in [1.165, 1.54) is 0 Å². The number of ether oxygens (including phenoxy) is 2. The Kier molecular flexibility index (Phi) is 6.68. The minimum Gasteiger partial charge on any atom is -0.458 e. The van der Waals surface area contributed by atoms with Crippen molar-refractivity contribution in [3.05, 3.63) is 152 Å². The van der Waals surface area contributed by atoms with E-state index in [1.807, 2.05) is 78.9 Å². The second-order valence-electron chi connectivity index (χ2n) is 11.9. The fraction of sp³-hybridized carbons (Fsp3) is 0.0244. The van der Waals surface area contributed by atoms with Crippen LogP contribution in [0.3, 0.4) is 0 Å². The van der Waals surface area contributed by atoms with Crippen molar-refractivity contribution in [3.63, 3.8) is 0 Å². The molecule has 0 bridgehead atoms. The van der Waals surface area contributed by atoms with Gasteiger partial charge in [-0.3, -0.25) is 0 Å². The Morgan fingerprint density at radius 2 is 1.04 bits per heavy atom. The molecule has 2 aliphatic heterocycles. The summed E-state index contributed by atoms with van der Waals surface area (Å²) in [6, 6.07) is 40.8. The van der Waals surface area contributed by atoms with Gasteiger partial charge in [0.1, 0.15) is 23.0 Å². The van der Waals surface area contributed by atoms with E-state index in [-0.39, 0.29) is 6.71 Å². The molecule has 4 heterocycles. The zero-order valence-electron chi connectivity index (χ0n) is 25.9. The average molecular weight is 619 g/mol. The summed E-state index contributed by atoms with van der Waals surface area (Å²) in [5.74, 6) is 4.56. The van der Waals surface area contributed by atoms with E-state index in [1.54, 1.807) is 12.4 Å². The highest BCUT2D eigenvalue weighted by molar-refractivity contribution is 6.98. The van der Waals surface area contributed by atoms with E-state index in [9.17, 15) is 0 Å². The minimum atomic E-state index is -0.0704. The van der Waals surface area contributed by atoms with E-state index >= 15 is 0 Å². The molecule has 0 atom stereocenters. The third kappa shape index (κ3) is 4.84. The molecule has 0 saturated carbocycles. The molecule has 6 nitrogen and oxygen atoms in total. The minimum absolute atomic E-state index is 0.0704. The smallest absolute Gasteiger partial charge is 0.260 e. The maximum atomic E-state index is 6.68. The largest absolute Gasteiger partial charge is 0.458 e. The summed E-state index contributed by atoms with van der Waals surface area (Å²) in [6.07, 6.45) is 6.21. The van der Waals surface area contributed by atoms with E-state index < -0.39 is 0 Å². The van der Waals surface area contributed by atoms with Gasteiger partial charge in [-0.2, -0.15) is 0 Å². The molecule has 2 aromatic heterocycles. The molecule has 0 fully saturated rings. The summed E-state index contributed by atoms with van der Waals surface area (Å²) < 4.78 is 13.4. The van der Waals surface area contributed by atoms with Crippen LogP contribution in [0.25, 0.3) is 45.3 Å². The highest BCUT2D eigenvalue weighted by Gasteiger charge is 2.40. The number of rotatable bonds is 6. The molecule has 7 aromatic rings. The lowest BCUT2D eigenvalue weighted by molar-refractivity contribution is 0.463. The second-order valence-corrected chi connectivity index (χ2v) is 11.9. The molecule has 0 unspecified atom stereocenters. The van der Waals surface area contributed by atoms with Crippen LogP contribution in [-0.4, -0.2) is 26.6 Å². The Labute approximate surface area is 278 Å². The molecule has 0 saturated heterocycles. The van der Waals surface area contributed by atoms with E-state index in [0.717, 1.165) is 78.6 Å². The first-order chi connectivity index (χ1) is 23.7. The maximum absolute atomic E-state index is 6.68. The van der Waals surface area contributed by atoms with Crippen molar-refractivity contribution in [1.82, 2.24) is 19.9 Å². The quantitative estimate of drug-likeness (QED) is 0.143. The fourth-order valence-electron chi connectivity index (χ4n) is 6.64. The van der Waals surface area contributed by atoms with Gasteiger partial charge in [-0.15, -0.1) is 6.58 Å². The van der Waals surface area contributed by atoms with Crippen LogP contribution < -0.4 is 25.9 Å². The molecule has 5 aromatic carbocycles. The number of fused-ring (bicyclic) bond motifs is 4. The van der Waals surface area contributed by atoms with Gasteiger partial charge in [0.2, 0.25) is 0 Å². The number of aromatic nitrogens is 4. The van der Waals surface area contributed by atoms with Crippen molar-refractivity contribution in [3.8, 4) is 68.3 Å². The SMILES string of the molecule is C=CCc1cc2c3c(c1)Oc1cc(-c4ccnc(-c5ccccc5)n4)ccc1B3c1ccc(-c3ccnc(-c4ccccc4)n3)cc1O2. The van der Waals surface area contributed by atoms with Crippen LogP contribution >= 0.6 is 0 Å². The molecule has 226 valence electrons. The number of nitrogens with zero attached hydrogens (tertiary/aromatic N) is 4. The van der Waals surface area contributed by atoms with E-state index in [4.69, 9.17) is 19.4 Å². The Balaban J connectivity index is 1.14. The van der Waals surface area contributed by atoms with Gasteiger partial charge >= 0.3 is 0 Å². The summed E-state index contributed by atoms with van der Waals surface area (Å²) in [7, 11) is 0.